The number of carboxylic acid groups (broad SMARTS) is 2. The number of rotatable bonds is 5. The fourth-order valence-corrected chi connectivity index (χ4v) is 3.43. The van der Waals surface area contributed by atoms with E-state index >= 15 is 0 Å². The van der Waals surface area contributed by atoms with Gasteiger partial charge in [-0.2, -0.15) is 0 Å². The van der Waals surface area contributed by atoms with Gasteiger partial charge in [-0.25, -0.2) is 9.59 Å². The predicted molar refractivity (Wildman–Crippen MR) is 116 cm³/mol. The standard InChI is InChI=1S/C21H16BrClN2O4/c1-11-5-15(10-24-16-3-4-18(22)19(23)9-16)12(2)25(11)17-7-13(20(26)27)6-14(8-17)21(28)29/h3-10H,1-2H3,(H,26,27)(H,28,29). The monoisotopic (exact) mass is 474 g/mol. The van der Waals surface area contributed by atoms with Crippen LogP contribution >= 0.6 is 27.5 Å². The summed E-state index contributed by atoms with van der Waals surface area (Å²) in [6.07, 6.45) is 1.69. The summed E-state index contributed by atoms with van der Waals surface area (Å²) in [7, 11) is 0. The topological polar surface area (TPSA) is 91.9 Å². The first kappa shape index (κ1) is 20.8. The van der Waals surface area contributed by atoms with Gasteiger partial charge in [-0.1, -0.05) is 11.6 Å². The van der Waals surface area contributed by atoms with Crippen LogP contribution in [0.3, 0.4) is 0 Å². The van der Waals surface area contributed by atoms with Crippen molar-refractivity contribution < 1.29 is 19.8 Å². The lowest BCUT2D eigenvalue weighted by Gasteiger charge is -2.12. The molecule has 0 atom stereocenters. The fourth-order valence-electron chi connectivity index (χ4n) is 3.01. The molecule has 0 radical (unpaired) electrons. The molecule has 0 unspecified atom stereocenters. The maximum atomic E-state index is 11.4. The highest BCUT2D eigenvalue weighted by atomic mass is 79.9. The summed E-state index contributed by atoms with van der Waals surface area (Å²) in [6, 6.07) is 11.3. The Labute approximate surface area is 180 Å². The van der Waals surface area contributed by atoms with Gasteiger partial charge in [0.15, 0.2) is 0 Å². The maximum absolute atomic E-state index is 11.4. The molecule has 148 valence electrons. The second-order valence-electron chi connectivity index (χ2n) is 6.40. The first-order chi connectivity index (χ1) is 13.7. The molecule has 0 aliphatic carbocycles. The summed E-state index contributed by atoms with van der Waals surface area (Å²) < 4.78 is 2.58. The van der Waals surface area contributed by atoms with Crippen LogP contribution in [0.4, 0.5) is 5.69 Å². The molecule has 3 aromatic rings. The minimum absolute atomic E-state index is 0.0906. The fraction of sp³-hybridized carbons (Fsp3) is 0.0952. The van der Waals surface area contributed by atoms with Crippen LogP contribution in [-0.4, -0.2) is 32.9 Å². The molecule has 2 N–H and O–H groups in total. The number of carboxylic acids is 2. The van der Waals surface area contributed by atoms with E-state index < -0.39 is 11.9 Å². The Kier molecular flexibility index (Phi) is 5.91. The molecule has 0 spiro atoms. The molecular formula is C21H16BrClN2O4. The quantitative estimate of drug-likeness (QED) is 0.466. The Morgan fingerprint density at radius 1 is 1.03 bits per heavy atom. The van der Waals surface area contributed by atoms with Gasteiger partial charge < -0.3 is 14.8 Å². The molecule has 0 bridgehead atoms. The minimum Gasteiger partial charge on any atom is -0.478 e. The third kappa shape index (κ3) is 4.41. The van der Waals surface area contributed by atoms with Crippen molar-refractivity contribution >= 4 is 51.4 Å². The summed E-state index contributed by atoms with van der Waals surface area (Å²) >= 11 is 9.43. The van der Waals surface area contributed by atoms with Crippen LogP contribution in [0.15, 0.2) is 51.9 Å². The van der Waals surface area contributed by atoms with Crippen molar-refractivity contribution in [3.05, 3.63) is 80.0 Å². The zero-order chi connectivity index (χ0) is 21.3. The number of benzene rings is 2. The Morgan fingerprint density at radius 3 is 2.21 bits per heavy atom. The molecule has 0 saturated heterocycles. The van der Waals surface area contributed by atoms with Gasteiger partial charge in [-0.15, -0.1) is 0 Å². The Bertz CT molecular complexity index is 1140. The normalized spacial score (nSPS) is 11.2. The lowest BCUT2D eigenvalue weighted by molar-refractivity contribution is 0.0696. The average Bonchev–Trinajstić information content (AvgIpc) is 2.95. The summed E-state index contributed by atoms with van der Waals surface area (Å²) in [5.74, 6) is -2.38. The molecule has 1 heterocycles. The molecule has 3 rings (SSSR count). The molecule has 0 amide bonds. The number of aromatic carboxylic acids is 2. The number of hydrogen-bond donors (Lipinski definition) is 2. The molecular weight excluding hydrogens is 460 g/mol. The van der Waals surface area contributed by atoms with E-state index in [-0.39, 0.29) is 11.1 Å². The summed E-state index contributed by atoms with van der Waals surface area (Å²) in [6.45, 7) is 3.71. The van der Waals surface area contributed by atoms with Crippen molar-refractivity contribution in [3.8, 4) is 5.69 Å². The van der Waals surface area contributed by atoms with Gasteiger partial charge in [0.1, 0.15) is 0 Å². The molecule has 0 aliphatic heterocycles. The van der Waals surface area contributed by atoms with E-state index in [4.69, 9.17) is 11.6 Å². The van der Waals surface area contributed by atoms with Crippen molar-refractivity contribution in [2.24, 2.45) is 4.99 Å². The van der Waals surface area contributed by atoms with E-state index in [2.05, 4.69) is 20.9 Å². The molecule has 2 aromatic carbocycles. The van der Waals surface area contributed by atoms with Crippen LogP contribution in [-0.2, 0) is 0 Å². The smallest absolute Gasteiger partial charge is 0.335 e. The molecule has 29 heavy (non-hydrogen) atoms. The highest BCUT2D eigenvalue weighted by Gasteiger charge is 2.16. The van der Waals surface area contributed by atoms with E-state index in [1.807, 2.05) is 32.0 Å². The van der Waals surface area contributed by atoms with Crippen molar-refractivity contribution in [3.63, 3.8) is 0 Å². The first-order valence-electron chi connectivity index (χ1n) is 8.47. The second kappa shape index (κ2) is 8.23. The number of aliphatic imine (C=N–C) groups is 1. The SMILES string of the molecule is Cc1cc(C=Nc2ccc(Br)c(Cl)c2)c(C)n1-c1cc(C(=O)O)cc(C(=O)O)c1. The van der Waals surface area contributed by atoms with E-state index in [9.17, 15) is 19.8 Å². The van der Waals surface area contributed by atoms with E-state index in [0.717, 1.165) is 27.5 Å². The number of nitrogens with zero attached hydrogens (tertiary/aromatic N) is 2. The number of halogens is 2. The third-order valence-corrected chi connectivity index (χ3v) is 5.63. The van der Waals surface area contributed by atoms with Crippen LogP contribution in [0.2, 0.25) is 5.02 Å². The molecule has 0 fully saturated rings. The van der Waals surface area contributed by atoms with E-state index in [0.29, 0.717) is 16.4 Å². The summed E-state index contributed by atoms with van der Waals surface area (Å²) in [5.41, 5.74) is 3.40. The van der Waals surface area contributed by atoms with Crippen LogP contribution in [0.25, 0.3) is 5.69 Å². The van der Waals surface area contributed by atoms with E-state index in [1.54, 1.807) is 16.8 Å². The first-order valence-corrected chi connectivity index (χ1v) is 9.64. The van der Waals surface area contributed by atoms with Gasteiger partial charge in [0.25, 0.3) is 0 Å². The molecule has 0 saturated carbocycles. The Balaban J connectivity index is 2.06. The van der Waals surface area contributed by atoms with Crippen molar-refractivity contribution in [1.82, 2.24) is 4.57 Å². The van der Waals surface area contributed by atoms with Crippen LogP contribution in [0.5, 0.6) is 0 Å². The van der Waals surface area contributed by atoms with Gasteiger partial charge in [-0.05, 0) is 72.2 Å². The van der Waals surface area contributed by atoms with Gasteiger partial charge in [0.05, 0.1) is 21.8 Å². The lowest BCUT2D eigenvalue weighted by atomic mass is 10.1. The number of carbonyl (C=O) groups is 2. The number of hydrogen-bond acceptors (Lipinski definition) is 3. The van der Waals surface area contributed by atoms with Gasteiger partial charge in [-0.3, -0.25) is 4.99 Å². The largest absolute Gasteiger partial charge is 0.478 e. The number of aromatic nitrogens is 1. The molecule has 1 aromatic heterocycles. The van der Waals surface area contributed by atoms with Crippen molar-refractivity contribution in [2.45, 2.75) is 13.8 Å². The zero-order valence-corrected chi connectivity index (χ0v) is 17.8. The zero-order valence-electron chi connectivity index (χ0n) is 15.5. The van der Waals surface area contributed by atoms with Crippen LogP contribution < -0.4 is 0 Å². The molecule has 8 heteroatoms. The van der Waals surface area contributed by atoms with Crippen molar-refractivity contribution in [2.75, 3.05) is 0 Å². The lowest BCUT2D eigenvalue weighted by Crippen LogP contribution is -2.07. The minimum atomic E-state index is -1.19. The highest BCUT2D eigenvalue weighted by molar-refractivity contribution is 9.10. The maximum Gasteiger partial charge on any atom is 0.335 e. The third-order valence-electron chi connectivity index (χ3n) is 4.40. The highest BCUT2D eigenvalue weighted by Crippen LogP contribution is 2.27. The predicted octanol–water partition coefficient (Wildman–Crippen LogP) is 5.66. The summed E-state index contributed by atoms with van der Waals surface area (Å²) in [4.78, 5) is 27.3. The Hall–Kier alpha value is -2.90. The molecule has 0 aliphatic rings. The van der Waals surface area contributed by atoms with Crippen molar-refractivity contribution in [1.29, 1.82) is 0 Å². The Morgan fingerprint density at radius 2 is 1.66 bits per heavy atom. The second-order valence-corrected chi connectivity index (χ2v) is 7.66. The van der Waals surface area contributed by atoms with Gasteiger partial charge >= 0.3 is 11.9 Å². The average molecular weight is 476 g/mol. The van der Waals surface area contributed by atoms with Gasteiger partial charge in [0.2, 0.25) is 0 Å². The van der Waals surface area contributed by atoms with Gasteiger partial charge in [0, 0.05) is 33.3 Å². The van der Waals surface area contributed by atoms with E-state index in [1.165, 1.54) is 12.1 Å². The van der Waals surface area contributed by atoms with Crippen LogP contribution in [0.1, 0.15) is 37.7 Å². The molecule has 6 nitrogen and oxygen atoms in total. The summed E-state index contributed by atoms with van der Waals surface area (Å²) in [5, 5.41) is 19.2. The number of aryl methyl sites for hydroxylation is 1. The van der Waals surface area contributed by atoms with Crippen LogP contribution in [0, 0.1) is 13.8 Å².